The van der Waals surface area contributed by atoms with Crippen LogP contribution in [0.5, 0.6) is 0 Å². The lowest BCUT2D eigenvalue weighted by molar-refractivity contribution is -0.384. The lowest BCUT2D eigenvalue weighted by Gasteiger charge is -2.10. The van der Waals surface area contributed by atoms with Gasteiger partial charge in [-0.2, -0.15) is 0 Å². The van der Waals surface area contributed by atoms with E-state index >= 15 is 0 Å². The number of carbonyl (C=O) groups is 2. The predicted molar refractivity (Wildman–Crippen MR) is 97.6 cm³/mol. The molecule has 2 rings (SSSR count). The van der Waals surface area contributed by atoms with E-state index in [4.69, 9.17) is 0 Å². The molecule has 2 amide bonds. The number of nitro groups is 1. The highest BCUT2D eigenvalue weighted by Crippen LogP contribution is 2.14. The zero-order valence-corrected chi connectivity index (χ0v) is 14.9. The van der Waals surface area contributed by atoms with Gasteiger partial charge in [-0.05, 0) is 31.2 Å². The number of hydrogen-bond acceptors (Lipinski definition) is 6. The molecule has 0 atom stereocenters. The van der Waals surface area contributed by atoms with Crippen LogP contribution in [0.2, 0.25) is 0 Å². The van der Waals surface area contributed by atoms with Crippen LogP contribution in [0.1, 0.15) is 27.6 Å². The second kappa shape index (κ2) is 8.27. The van der Waals surface area contributed by atoms with Crippen molar-refractivity contribution in [3.8, 4) is 0 Å². The molecule has 0 aliphatic rings. The largest absolute Gasteiger partial charge is 0.284 e. The van der Waals surface area contributed by atoms with E-state index in [0.29, 0.717) is 0 Å². The molecule has 0 bridgehead atoms. The number of sulfonamides is 1. The Balaban J connectivity index is 2.04. The van der Waals surface area contributed by atoms with Gasteiger partial charge in [-0.1, -0.05) is 12.1 Å². The average Bonchev–Trinajstić information content (AvgIpc) is 2.65. The van der Waals surface area contributed by atoms with Gasteiger partial charge in [0.05, 0.1) is 10.7 Å². The second-order valence-electron chi connectivity index (χ2n) is 5.30. The highest BCUT2D eigenvalue weighted by Gasteiger charge is 2.14. The first-order chi connectivity index (χ1) is 12.7. The van der Waals surface area contributed by atoms with Crippen LogP contribution in [0.15, 0.2) is 48.5 Å². The van der Waals surface area contributed by atoms with Crippen molar-refractivity contribution in [1.82, 2.24) is 10.9 Å². The highest BCUT2D eigenvalue weighted by atomic mass is 32.2. The minimum Gasteiger partial charge on any atom is -0.284 e. The van der Waals surface area contributed by atoms with E-state index in [1.165, 1.54) is 49.4 Å². The monoisotopic (exact) mass is 392 g/mol. The normalized spacial score (nSPS) is 10.7. The van der Waals surface area contributed by atoms with Crippen LogP contribution in [0.25, 0.3) is 0 Å². The van der Waals surface area contributed by atoms with Gasteiger partial charge in [0.2, 0.25) is 10.0 Å². The summed E-state index contributed by atoms with van der Waals surface area (Å²) in [5.74, 6) is -1.55. The Kier molecular flexibility index (Phi) is 6.08. The molecule has 0 aliphatic heterocycles. The molecular formula is C16H16N4O6S. The highest BCUT2D eigenvalue weighted by molar-refractivity contribution is 7.92. The number of carbonyl (C=O) groups excluding carboxylic acids is 2. The summed E-state index contributed by atoms with van der Waals surface area (Å²) in [6.07, 6.45) is 0. The van der Waals surface area contributed by atoms with E-state index in [0.717, 1.165) is 6.07 Å². The number of hydrazine groups is 1. The summed E-state index contributed by atoms with van der Waals surface area (Å²) in [7, 11) is -3.49. The summed E-state index contributed by atoms with van der Waals surface area (Å²) < 4.78 is 25.5. The first kappa shape index (κ1) is 19.8. The Bertz CT molecular complexity index is 990. The molecule has 0 unspecified atom stereocenters. The van der Waals surface area contributed by atoms with Gasteiger partial charge in [-0.3, -0.25) is 35.3 Å². The summed E-state index contributed by atoms with van der Waals surface area (Å²) in [5.41, 5.74) is 4.35. The van der Waals surface area contributed by atoms with Gasteiger partial charge >= 0.3 is 0 Å². The van der Waals surface area contributed by atoms with Crippen molar-refractivity contribution >= 4 is 33.2 Å². The fourth-order valence-corrected chi connectivity index (χ4v) is 2.62. The van der Waals surface area contributed by atoms with Crippen molar-refractivity contribution in [2.24, 2.45) is 0 Å². The number of nitro benzene ring substituents is 1. The van der Waals surface area contributed by atoms with Gasteiger partial charge in [0, 0.05) is 28.9 Å². The van der Waals surface area contributed by atoms with Gasteiger partial charge in [0.1, 0.15) is 0 Å². The van der Waals surface area contributed by atoms with E-state index < -0.39 is 26.8 Å². The lowest BCUT2D eigenvalue weighted by atomic mass is 10.2. The summed E-state index contributed by atoms with van der Waals surface area (Å²) in [6, 6.07) is 10.7. The third-order valence-electron chi connectivity index (χ3n) is 3.39. The van der Waals surface area contributed by atoms with Crippen molar-refractivity contribution in [3.05, 3.63) is 69.8 Å². The molecule has 0 heterocycles. The van der Waals surface area contributed by atoms with Gasteiger partial charge < -0.3 is 0 Å². The SMILES string of the molecule is CCS(=O)(=O)Nc1cccc(C(=O)NNC(=O)c2cccc([N+](=O)[O-])c2)c1. The molecule has 0 aromatic heterocycles. The molecule has 2 aromatic carbocycles. The molecule has 142 valence electrons. The van der Waals surface area contributed by atoms with Crippen LogP contribution in [-0.2, 0) is 10.0 Å². The maximum absolute atomic E-state index is 12.1. The van der Waals surface area contributed by atoms with Crippen LogP contribution in [-0.4, -0.2) is 30.9 Å². The summed E-state index contributed by atoms with van der Waals surface area (Å²) in [4.78, 5) is 34.2. The molecule has 3 N–H and O–H groups in total. The minimum atomic E-state index is -3.49. The maximum Gasteiger partial charge on any atom is 0.270 e. The van der Waals surface area contributed by atoms with Gasteiger partial charge in [-0.25, -0.2) is 8.42 Å². The Morgan fingerprint density at radius 2 is 1.56 bits per heavy atom. The van der Waals surface area contributed by atoms with Crippen LogP contribution >= 0.6 is 0 Å². The number of anilines is 1. The second-order valence-corrected chi connectivity index (χ2v) is 7.31. The van der Waals surface area contributed by atoms with E-state index in [1.54, 1.807) is 0 Å². The molecular weight excluding hydrogens is 376 g/mol. The van der Waals surface area contributed by atoms with Crippen molar-refractivity contribution < 1.29 is 22.9 Å². The van der Waals surface area contributed by atoms with Crippen LogP contribution in [0.3, 0.4) is 0 Å². The standard InChI is InChI=1S/C16H16N4O6S/c1-2-27(25,26)19-13-7-3-5-11(9-13)15(21)17-18-16(22)12-6-4-8-14(10-12)20(23)24/h3-10,19H,2H2,1H3,(H,17,21)(H,18,22). The molecule has 11 heteroatoms. The first-order valence-electron chi connectivity index (χ1n) is 7.67. The topological polar surface area (TPSA) is 148 Å². The fraction of sp³-hybridized carbons (Fsp3) is 0.125. The van der Waals surface area contributed by atoms with Gasteiger partial charge in [0.25, 0.3) is 17.5 Å². The minimum absolute atomic E-state index is 0.00560. The van der Waals surface area contributed by atoms with Crippen molar-refractivity contribution in [2.45, 2.75) is 6.92 Å². The third-order valence-corrected chi connectivity index (χ3v) is 4.69. The predicted octanol–water partition coefficient (Wildman–Crippen LogP) is 1.43. The molecule has 0 aliphatic carbocycles. The molecule has 0 saturated carbocycles. The number of amides is 2. The molecule has 0 saturated heterocycles. The third kappa shape index (κ3) is 5.51. The smallest absolute Gasteiger partial charge is 0.270 e. The molecule has 27 heavy (non-hydrogen) atoms. The molecule has 0 spiro atoms. The van der Waals surface area contributed by atoms with Crippen LogP contribution in [0.4, 0.5) is 11.4 Å². The van der Waals surface area contributed by atoms with Crippen molar-refractivity contribution in [3.63, 3.8) is 0 Å². The van der Waals surface area contributed by atoms with E-state index in [2.05, 4.69) is 15.6 Å². The Morgan fingerprint density at radius 3 is 2.11 bits per heavy atom. The van der Waals surface area contributed by atoms with Crippen molar-refractivity contribution in [1.29, 1.82) is 0 Å². The Morgan fingerprint density at radius 1 is 1.00 bits per heavy atom. The van der Waals surface area contributed by atoms with Gasteiger partial charge in [-0.15, -0.1) is 0 Å². The quantitative estimate of drug-likeness (QED) is 0.500. The summed E-state index contributed by atoms with van der Waals surface area (Å²) in [6.45, 7) is 1.47. The van der Waals surface area contributed by atoms with E-state index in [1.807, 2.05) is 0 Å². The zero-order valence-electron chi connectivity index (χ0n) is 14.1. The number of rotatable bonds is 6. The summed E-state index contributed by atoms with van der Waals surface area (Å²) in [5, 5.41) is 10.7. The molecule has 0 fully saturated rings. The van der Waals surface area contributed by atoms with E-state index in [-0.39, 0.29) is 28.3 Å². The fourth-order valence-electron chi connectivity index (χ4n) is 1.99. The zero-order chi connectivity index (χ0) is 20.0. The first-order valence-corrected chi connectivity index (χ1v) is 9.33. The molecule has 10 nitrogen and oxygen atoms in total. The number of hydrogen-bond donors (Lipinski definition) is 3. The molecule has 2 aromatic rings. The van der Waals surface area contributed by atoms with Crippen LogP contribution < -0.4 is 15.6 Å². The summed E-state index contributed by atoms with van der Waals surface area (Å²) >= 11 is 0. The molecule has 0 radical (unpaired) electrons. The van der Waals surface area contributed by atoms with Crippen molar-refractivity contribution in [2.75, 3.05) is 10.5 Å². The maximum atomic E-state index is 12.1. The van der Waals surface area contributed by atoms with E-state index in [9.17, 15) is 28.1 Å². The number of benzene rings is 2. The lowest BCUT2D eigenvalue weighted by Crippen LogP contribution is -2.41. The average molecular weight is 392 g/mol. The van der Waals surface area contributed by atoms with Crippen LogP contribution in [0, 0.1) is 10.1 Å². The Labute approximate surface area is 154 Å². The number of nitrogens with zero attached hydrogens (tertiary/aromatic N) is 1. The number of non-ortho nitro benzene ring substituents is 1. The number of nitrogens with one attached hydrogen (secondary N) is 3. The van der Waals surface area contributed by atoms with Gasteiger partial charge in [0.15, 0.2) is 0 Å². The Hall–Kier alpha value is -3.47.